The highest BCUT2D eigenvalue weighted by Gasteiger charge is 2.11. The van der Waals surface area contributed by atoms with Crippen LogP contribution in [0.5, 0.6) is 0 Å². The summed E-state index contributed by atoms with van der Waals surface area (Å²) in [6, 6.07) is -0.892. The fraction of sp³-hybridized carbons (Fsp3) is 0.400. The van der Waals surface area contributed by atoms with E-state index in [4.69, 9.17) is 5.73 Å². The first kappa shape index (κ1) is 8.31. The van der Waals surface area contributed by atoms with E-state index >= 15 is 0 Å². The number of aryl methyl sites for hydroxylation is 1. The largest absolute Gasteiger partial charge is 0.373 e. The first-order chi connectivity index (χ1) is 5.57. The van der Waals surface area contributed by atoms with Gasteiger partial charge >= 0.3 is 11.7 Å². The topological polar surface area (TPSA) is 94.9 Å². The molecule has 0 aliphatic carbocycles. The molecule has 3 N–H and O–H groups in total. The van der Waals surface area contributed by atoms with Gasteiger partial charge in [0, 0.05) is 7.05 Å². The van der Waals surface area contributed by atoms with Crippen LogP contribution in [-0.2, 0) is 0 Å². The smallest absolute Gasteiger partial charge is 0.350 e. The molecule has 12 heavy (non-hydrogen) atoms. The standard InChI is InChI=1S/C5H9N5O2/c1-3-8-10(4(6)11)5(12)9(3)7-2/h7H,1-2H3,(H2,6,11). The Balaban J connectivity index is 3.37. The van der Waals surface area contributed by atoms with Gasteiger partial charge in [0.25, 0.3) is 0 Å². The molecular formula is C5H9N5O2. The summed E-state index contributed by atoms with van der Waals surface area (Å²) >= 11 is 0. The molecule has 0 radical (unpaired) electrons. The second-order valence-electron chi connectivity index (χ2n) is 2.14. The third-order valence-electron chi connectivity index (χ3n) is 1.37. The molecule has 1 rings (SSSR count). The van der Waals surface area contributed by atoms with E-state index < -0.39 is 11.7 Å². The minimum absolute atomic E-state index is 0.376. The number of nitrogens with one attached hydrogen (secondary N) is 1. The predicted molar refractivity (Wildman–Crippen MR) is 41.5 cm³/mol. The Morgan fingerprint density at radius 1 is 1.67 bits per heavy atom. The van der Waals surface area contributed by atoms with E-state index in [1.165, 1.54) is 0 Å². The van der Waals surface area contributed by atoms with Gasteiger partial charge in [0.05, 0.1) is 0 Å². The van der Waals surface area contributed by atoms with Gasteiger partial charge in [-0.15, -0.1) is 9.78 Å². The fourth-order valence-corrected chi connectivity index (χ4v) is 0.866. The third kappa shape index (κ3) is 1.04. The van der Waals surface area contributed by atoms with Gasteiger partial charge in [0.15, 0.2) is 5.82 Å². The van der Waals surface area contributed by atoms with Gasteiger partial charge in [-0.05, 0) is 6.92 Å². The Morgan fingerprint density at radius 2 is 2.25 bits per heavy atom. The van der Waals surface area contributed by atoms with Crippen LogP contribution in [0.1, 0.15) is 5.82 Å². The summed E-state index contributed by atoms with van der Waals surface area (Å²) in [4.78, 5) is 21.7. The van der Waals surface area contributed by atoms with E-state index in [0.29, 0.717) is 10.5 Å². The quantitative estimate of drug-likeness (QED) is 0.535. The van der Waals surface area contributed by atoms with Crippen molar-refractivity contribution in [3.05, 3.63) is 16.3 Å². The van der Waals surface area contributed by atoms with Crippen molar-refractivity contribution in [2.75, 3.05) is 12.5 Å². The van der Waals surface area contributed by atoms with Crippen LogP contribution in [0.15, 0.2) is 4.79 Å². The lowest BCUT2D eigenvalue weighted by molar-refractivity contribution is 0.246. The van der Waals surface area contributed by atoms with Crippen LogP contribution in [0.2, 0.25) is 0 Å². The van der Waals surface area contributed by atoms with Gasteiger partial charge in [-0.1, -0.05) is 0 Å². The van der Waals surface area contributed by atoms with Gasteiger partial charge in [-0.2, -0.15) is 4.68 Å². The zero-order valence-corrected chi connectivity index (χ0v) is 6.74. The van der Waals surface area contributed by atoms with Crippen molar-refractivity contribution in [1.29, 1.82) is 0 Å². The summed E-state index contributed by atoms with van der Waals surface area (Å²) < 4.78 is 1.70. The van der Waals surface area contributed by atoms with Crippen molar-refractivity contribution in [3.8, 4) is 0 Å². The molecule has 0 fully saturated rings. The molecule has 0 aliphatic rings. The van der Waals surface area contributed by atoms with E-state index in [-0.39, 0.29) is 0 Å². The molecular weight excluding hydrogens is 162 g/mol. The summed E-state index contributed by atoms with van der Waals surface area (Å²) in [5, 5.41) is 3.61. The van der Waals surface area contributed by atoms with Gasteiger partial charge in [-0.25, -0.2) is 9.59 Å². The maximum Gasteiger partial charge on any atom is 0.373 e. The van der Waals surface area contributed by atoms with Crippen molar-refractivity contribution in [3.63, 3.8) is 0 Å². The van der Waals surface area contributed by atoms with E-state index in [9.17, 15) is 9.59 Å². The Hall–Kier alpha value is -1.79. The first-order valence-corrected chi connectivity index (χ1v) is 3.24. The number of nitrogens with zero attached hydrogens (tertiary/aromatic N) is 3. The minimum atomic E-state index is -0.892. The second-order valence-corrected chi connectivity index (χ2v) is 2.14. The molecule has 0 saturated carbocycles. The third-order valence-corrected chi connectivity index (χ3v) is 1.37. The number of primary amides is 1. The van der Waals surface area contributed by atoms with Gasteiger partial charge in [-0.3, -0.25) is 0 Å². The average Bonchev–Trinajstić information content (AvgIpc) is 2.27. The van der Waals surface area contributed by atoms with E-state index in [1.807, 2.05) is 0 Å². The van der Waals surface area contributed by atoms with Gasteiger partial charge in [0.2, 0.25) is 0 Å². The molecule has 0 aliphatic heterocycles. The van der Waals surface area contributed by atoms with Crippen molar-refractivity contribution in [2.24, 2.45) is 5.73 Å². The van der Waals surface area contributed by atoms with Crippen molar-refractivity contribution < 1.29 is 4.79 Å². The Bertz CT molecular complexity index is 362. The molecule has 1 aromatic rings. The average molecular weight is 171 g/mol. The maximum atomic E-state index is 11.2. The molecule has 0 atom stereocenters. The zero-order valence-electron chi connectivity index (χ0n) is 6.74. The molecule has 7 heteroatoms. The van der Waals surface area contributed by atoms with E-state index in [0.717, 1.165) is 4.68 Å². The van der Waals surface area contributed by atoms with Crippen LogP contribution in [0.4, 0.5) is 4.79 Å². The summed E-state index contributed by atoms with van der Waals surface area (Å²) in [5.74, 6) is 0.376. The highest BCUT2D eigenvalue weighted by Crippen LogP contribution is 1.83. The fourth-order valence-electron chi connectivity index (χ4n) is 0.866. The van der Waals surface area contributed by atoms with Crippen LogP contribution in [0.25, 0.3) is 0 Å². The Morgan fingerprint density at radius 3 is 2.50 bits per heavy atom. The number of carbonyl (C=O) groups is 1. The summed E-state index contributed by atoms with van der Waals surface area (Å²) in [5.41, 5.74) is 6.83. The van der Waals surface area contributed by atoms with Crippen molar-refractivity contribution in [2.45, 2.75) is 6.92 Å². The number of amides is 1. The lowest BCUT2D eigenvalue weighted by Gasteiger charge is -1.96. The molecule has 7 nitrogen and oxygen atoms in total. The number of aromatic nitrogens is 3. The molecule has 1 amide bonds. The summed E-state index contributed by atoms with van der Waals surface area (Å²) in [7, 11) is 1.54. The van der Waals surface area contributed by atoms with Crippen LogP contribution >= 0.6 is 0 Å². The normalized spacial score (nSPS) is 9.83. The van der Waals surface area contributed by atoms with Crippen molar-refractivity contribution >= 4 is 6.03 Å². The Labute approximate surface area is 67.7 Å². The maximum absolute atomic E-state index is 11.2. The molecule has 0 spiro atoms. The lowest BCUT2D eigenvalue weighted by atomic mass is 10.7. The zero-order chi connectivity index (χ0) is 9.30. The van der Waals surface area contributed by atoms with Gasteiger partial charge in [0.1, 0.15) is 0 Å². The highest BCUT2D eigenvalue weighted by atomic mass is 16.2. The second kappa shape index (κ2) is 2.68. The number of hydrogen-bond acceptors (Lipinski definition) is 4. The molecule has 1 aromatic heterocycles. The minimum Gasteiger partial charge on any atom is -0.350 e. The van der Waals surface area contributed by atoms with Crippen LogP contribution in [0.3, 0.4) is 0 Å². The molecule has 0 unspecified atom stereocenters. The summed E-state index contributed by atoms with van der Waals surface area (Å²) in [6.45, 7) is 1.58. The number of rotatable bonds is 1. The molecule has 0 saturated heterocycles. The predicted octanol–water partition coefficient (Wildman–Crippen LogP) is -1.55. The molecule has 0 bridgehead atoms. The number of carbonyl (C=O) groups excluding carboxylic acids is 1. The first-order valence-electron chi connectivity index (χ1n) is 3.24. The molecule has 1 heterocycles. The summed E-state index contributed by atoms with van der Waals surface area (Å²) in [6.07, 6.45) is 0. The SMILES string of the molecule is CNn1c(C)nn(C(N)=O)c1=O. The number of hydrogen-bond donors (Lipinski definition) is 2. The Kier molecular flexibility index (Phi) is 1.86. The highest BCUT2D eigenvalue weighted by molar-refractivity contribution is 5.73. The molecule has 66 valence electrons. The van der Waals surface area contributed by atoms with Crippen LogP contribution in [0, 0.1) is 6.92 Å². The van der Waals surface area contributed by atoms with Crippen LogP contribution < -0.4 is 16.8 Å². The lowest BCUT2D eigenvalue weighted by Crippen LogP contribution is -2.35. The van der Waals surface area contributed by atoms with Crippen molar-refractivity contribution in [1.82, 2.24) is 14.5 Å². The van der Waals surface area contributed by atoms with Gasteiger partial charge < -0.3 is 11.2 Å². The van der Waals surface area contributed by atoms with E-state index in [2.05, 4.69) is 10.5 Å². The van der Waals surface area contributed by atoms with Crippen LogP contribution in [-0.4, -0.2) is 27.5 Å². The van der Waals surface area contributed by atoms with E-state index in [1.54, 1.807) is 14.0 Å². The monoisotopic (exact) mass is 171 g/mol. The molecule has 0 aromatic carbocycles. The number of nitrogens with two attached hydrogens (primary N) is 1.